The maximum absolute atomic E-state index is 10.8. The minimum atomic E-state index is -0.776. The molecule has 4 N–H and O–H groups in total. The zero-order valence-corrected chi connectivity index (χ0v) is 16.9. The molecule has 5 nitrogen and oxygen atoms in total. The number of carboxylic acids is 1. The molecule has 0 spiro atoms. The summed E-state index contributed by atoms with van der Waals surface area (Å²) in [7, 11) is 0. The highest BCUT2D eigenvalue weighted by Crippen LogP contribution is 2.38. The standard InChI is InChI=1S/C20H36O5S/c1-3-4-6-10-15(21)13-26-19-16(17(22)12-18(19)23)11-8-5-7-9-14(2)20(24)25/h5,8,14-19,21-23H,3-4,6-7,9-13H2,1-2H3,(H,24,25)/t14?,15?,16-,17?,18?,19+/m0/s1. The second kappa shape index (κ2) is 12.8. The molecule has 0 amide bonds. The summed E-state index contributed by atoms with van der Waals surface area (Å²) in [6, 6.07) is 0. The number of aliphatic hydroxyl groups is 3. The number of allylic oxidation sites excluding steroid dienone is 2. The molecule has 0 aromatic heterocycles. The van der Waals surface area contributed by atoms with Gasteiger partial charge in [0.15, 0.2) is 0 Å². The van der Waals surface area contributed by atoms with Crippen molar-refractivity contribution in [2.75, 3.05) is 5.75 Å². The van der Waals surface area contributed by atoms with E-state index in [-0.39, 0.29) is 23.2 Å². The van der Waals surface area contributed by atoms with E-state index >= 15 is 0 Å². The number of thioether (sulfide) groups is 1. The van der Waals surface area contributed by atoms with Crippen molar-refractivity contribution in [2.45, 2.75) is 88.8 Å². The Morgan fingerprint density at radius 3 is 2.58 bits per heavy atom. The van der Waals surface area contributed by atoms with Crippen molar-refractivity contribution in [3.8, 4) is 0 Å². The van der Waals surface area contributed by atoms with E-state index in [1.807, 2.05) is 12.2 Å². The average Bonchev–Trinajstić information content (AvgIpc) is 2.85. The summed E-state index contributed by atoms with van der Waals surface area (Å²) in [5.74, 6) is -0.558. The van der Waals surface area contributed by atoms with E-state index in [2.05, 4.69) is 6.92 Å². The van der Waals surface area contributed by atoms with Gasteiger partial charge < -0.3 is 20.4 Å². The van der Waals surface area contributed by atoms with Crippen molar-refractivity contribution < 1.29 is 25.2 Å². The Morgan fingerprint density at radius 2 is 1.92 bits per heavy atom. The summed E-state index contributed by atoms with van der Waals surface area (Å²) >= 11 is 1.57. The molecule has 0 aromatic rings. The average molecular weight is 389 g/mol. The Labute approximate surface area is 161 Å². The van der Waals surface area contributed by atoms with Gasteiger partial charge in [-0.1, -0.05) is 45.3 Å². The van der Waals surface area contributed by atoms with Crippen LogP contribution in [0.2, 0.25) is 0 Å². The third-order valence-electron chi connectivity index (χ3n) is 5.16. The first-order valence-corrected chi connectivity index (χ1v) is 10.9. The molecule has 26 heavy (non-hydrogen) atoms. The Kier molecular flexibility index (Phi) is 11.5. The smallest absolute Gasteiger partial charge is 0.306 e. The highest BCUT2D eigenvalue weighted by Gasteiger charge is 2.41. The van der Waals surface area contributed by atoms with E-state index in [9.17, 15) is 20.1 Å². The maximum Gasteiger partial charge on any atom is 0.306 e. The van der Waals surface area contributed by atoms with Crippen molar-refractivity contribution in [3.63, 3.8) is 0 Å². The Hall–Kier alpha value is -0.560. The van der Waals surface area contributed by atoms with Crippen LogP contribution in [0.3, 0.4) is 0 Å². The van der Waals surface area contributed by atoms with Crippen molar-refractivity contribution in [3.05, 3.63) is 12.2 Å². The minimum absolute atomic E-state index is 0.0222. The van der Waals surface area contributed by atoms with Crippen molar-refractivity contribution in [1.29, 1.82) is 0 Å². The number of unbranched alkanes of at least 4 members (excludes halogenated alkanes) is 2. The monoisotopic (exact) mass is 388 g/mol. The molecule has 4 unspecified atom stereocenters. The Morgan fingerprint density at radius 1 is 1.19 bits per heavy atom. The molecule has 0 bridgehead atoms. The predicted octanol–water partition coefficient (Wildman–Crippen LogP) is 3.22. The lowest BCUT2D eigenvalue weighted by molar-refractivity contribution is -0.141. The van der Waals surface area contributed by atoms with Crippen molar-refractivity contribution in [2.24, 2.45) is 11.8 Å². The normalized spacial score (nSPS) is 28.5. The molecule has 152 valence electrons. The molecule has 1 saturated carbocycles. The van der Waals surface area contributed by atoms with Gasteiger partial charge in [-0.05, 0) is 25.7 Å². The highest BCUT2D eigenvalue weighted by atomic mass is 32.2. The topological polar surface area (TPSA) is 98.0 Å². The van der Waals surface area contributed by atoms with E-state index < -0.39 is 18.2 Å². The van der Waals surface area contributed by atoms with Crippen LogP contribution in [0.4, 0.5) is 0 Å². The highest BCUT2D eigenvalue weighted by molar-refractivity contribution is 8.00. The number of carbonyl (C=O) groups is 1. The molecule has 6 heteroatoms. The molecule has 0 aliphatic heterocycles. The van der Waals surface area contributed by atoms with Gasteiger partial charge >= 0.3 is 5.97 Å². The lowest BCUT2D eigenvalue weighted by Crippen LogP contribution is -2.26. The van der Waals surface area contributed by atoms with Crippen LogP contribution in [-0.4, -0.2) is 55.7 Å². The first-order valence-electron chi connectivity index (χ1n) is 9.90. The molecule has 1 aliphatic carbocycles. The van der Waals surface area contributed by atoms with Gasteiger partial charge in [0.2, 0.25) is 0 Å². The summed E-state index contributed by atoms with van der Waals surface area (Å²) < 4.78 is 0. The third kappa shape index (κ3) is 8.42. The molecular weight excluding hydrogens is 352 g/mol. The fourth-order valence-corrected chi connectivity index (χ4v) is 4.85. The number of hydrogen-bond donors (Lipinski definition) is 4. The number of carboxylic acid groups (broad SMARTS) is 1. The van der Waals surface area contributed by atoms with Crippen LogP contribution in [0.15, 0.2) is 12.2 Å². The lowest BCUT2D eigenvalue weighted by atomic mass is 10.00. The van der Waals surface area contributed by atoms with E-state index in [0.717, 1.165) is 25.7 Å². The van der Waals surface area contributed by atoms with Gasteiger partial charge in [0, 0.05) is 23.3 Å². The lowest BCUT2D eigenvalue weighted by Gasteiger charge is -2.23. The minimum Gasteiger partial charge on any atom is -0.481 e. The molecular formula is C20H36O5S. The van der Waals surface area contributed by atoms with Crippen molar-refractivity contribution in [1.82, 2.24) is 0 Å². The molecule has 0 heterocycles. The van der Waals surface area contributed by atoms with Gasteiger partial charge in [0.25, 0.3) is 0 Å². The van der Waals surface area contributed by atoms with Crippen LogP contribution in [0.1, 0.15) is 65.2 Å². The molecule has 1 rings (SSSR count). The summed E-state index contributed by atoms with van der Waals surface area (Å²) in [4.78, 5) is 10.8. The van der Waals surface area contributed by atoms with Crippen LogP contribution in [0.5, 0.6) is 0 Å². The van der Waals surface area contributed by atoms with Gasteiger partial charge in [-0.25, -0.2) is 0 Å². The molecule has 1 aliphatic rings. The first kappa shape index (κ1) is 23.5. The molecule has 6 atom stereocenters. The van der Waals surface area contributed by atoms with E-state index in [1.165, 1.54) is 0 Å². The summed E-state index contributed by atoms with van der Waals surface area (Å²) in [6.45, 7) is 3.84. The molecule has 0 aromatic carbocycles. The van der Waals surface area contributed by atoms with Crippen LogP contribution in [-0.2, 0) is 4.79 Å². The molecule has 0 radical (unpaired) electrons. The second-order valence-electron chi connectivity index (χ2n) is 7.51. The second-order valence-corrected chi connectivity index (χ2v) is 8.72. The Bertz CT molecular complexity index is 428. The fraction of sp³-hybridized carbons (Fsp3) is 0.850. The number of aliphatic hydroxyl groups excluding tert-OH is 3. The fourth-order valence-electron chi connectivity index (χ4n) is 3.36. The van der Waals surface area contributed by atoms with Gasteiger partial charge in [0.1, 0.15) is 0 Å². The Balaban J connectivity index is 2.40. The SMILES string of the molecule is CCCCCC(O)CS[C@H]1C(O)CC(O)[C@@H]1CC=CCCC(C)C(=O)O. The summed E-state index contributed by atoms with van der Waals surface area (Å²) in [5.41, 5.74) is 0. The molecule has 1 fully saturated rings. The predicted molar refractivity (Wildman–Crippen MR) is 106 cm³/mol. The van der Waals surface area contributed by atoms with Gasteiger partial charge in [-0.15, -0.1) is 0 Å². The van der Waals surface area contributed by atoms with E-state index in [4.69, 9.17) is 5.11 Å². The van der Waals surface area contributed by atoms with Crippen LogP contribution in [0.25, 0.3) is 0 Å². The van der Waals surface area contributed by atoms with Gasteiger partial charge in [-0.2, -0.15) is 11.8 Å². The van der Waals surface area contributed by atoms with E-state index in [0.29, 0.717) is 31.4 Å². The number of aliphatic carboxylic acids is 1. The van der Waals surface area contributed by atoms with Crippen LogP contribution >= 0.6 is 11.8 Å². The summed E-state index contributed by atoms with van der Waals surface area (Å²) in [5, 5.41) is 39.4. The van der Waals surface area contributed by atoms with E-state index in [1.54, 1.807) is 18.7 Å². The zero-order chi connectivity index (χ0) is 19.5. The van der Waals surface area contributed by atoms with Gasteiger partial charge in [0.05, 0.1) is 24.2 Å². The maximum atomic E-state index is 10.8. The quantitative estimate of drug-likeness (QED) is 0.286. The largest absolute Gasteiger partial charge is 0.481 e. The zero-order valence-electron chi connectivity index (χ0n) is 16.1. The van der Waals surface area contributed by atoms with Crippen molar-refractivity contribution >= 4 is 17.7 Å². The van der Waals surface area contributed by atoms with Crippen LogP contribution < -0.4 is 0 Å². The number of rotatable bonds is 13. The number of hydrogen-bond acceptors (Lipinski definition) is 5. The molecule has 0 saturated heterocycles. The first-order chi connectivity index (χ1) is 12.4. The summed E-state index contributed by atoms with van der Waals surface area (Å²) in [6.07, 6.45) is 8.97. The van der Waals surface area contributed by atoms with Crippen LogP contribution in [0, 0.1) is 11.8 Å². The van der Waals surface area contributed by atoms with Gasteiger partial charge in [-0.3, -0.25) is 4.79 Å². The third-order valence-corrected chi connectivity index (χ3v) is 6.79.